The van der Waals surface area contributed by atoms with Gasteiger partial charge in [-0.25, -0.2) is 0 Å². The van der Waals surface area contributed by atoms with E-state index in [0.29, 0.717) is 0 Å². The first kappa shape index (κ1) is 8.24. The average molecular weight is 127 g/mol. The summed E-state index contributed by atoms with van der Waals surface area (Å²) >= 11 is 0. The highest BCUT2D eigenvalue weighted by Crippen LogP contribution is 1.96. The molecule has 9 heavy (non-hydrogen) atoms. The molecule has 0 fully saturated rings. The maximum Gasteiger partial charge on any atom is 0.117 e. The van der Waals surface area contributed by atoms with Gasteiger partial charge in [-0.05, 0) is 19.2 Å². The van der Waals surface area contributed by atoms with Gasteiger partial charge >= 0.3 is 0 Å². The highest BCUT2D eigenvalue weighted by atomic mass is 16.3. The molecule has 1 aromatic heterocycles. The number of nitrogens with one attached hydrogen (secondary N) is 1. The van der Waals surface area contributed by atoms with Crippen LogP contribution in [0.3, 0.4) is 0 Å². The second-order valence-electron chi connectivity index (χ2n) is 1.61. The van der Waals surface area contributed by atoms with Gasteiger partial charge in [0.1, 0.15) is 5.76 Å². The standard InChI is InChI=1S/C6H9NO.CH4/c1-7-5-6-3-2-4-8-6;/h2-4,7H,5H2,1H3;1H4. The van der Waals surface area contributed by atoms with Gasteiger partial charge < -0.3 is 9.73 Å². The van der Waals surface area contributed by atoms with Gasteiger partial charge in [0, 0.05) is 0 Å². The summed E-state index contributed by atoms with van der Waals surface area (Å²) in [4.78, 5) is 0. The fourth-order valence-electron chi connectivity index (χ4n) is 0.587. The first-order chi connectivity index (χ1) is 3.93. The molecule has 52 valence electrons. The normalized spacial score (nSPS) is 8.56. The molecule has 1 heterocycles. The number of rotatable bonds is 2. The maximum atomic E-state index is 5.01. The van der Waals surface area contributed by atoms with E-state index in [2.05, 4.69) is 5.32 Å². The van der Waals surface area contributed by atoms with E-state index in [1.54, 1.807) is 6.26 Å². The van der Waals surface area contributed by atoms with Crippen LogP contribution in [0.1, 0.15) is 13.2 Å². The molecule has 2 heteroatoms. The van der Waals surface area contributed by atoms with Gasteiger partial charge in [-0.3, -0.25) is 0 Å². The summed E-state index contributed by atoms with van der Waals surface area (Å²) in [6, 6.07) is 3.82. The lowest BCUT2D eigenvalue weighted by molar-refractivity contribution is 0.495. The lowest BCUT2D eigenvalue weighted by Crippen LogP contribution is -2.03. The van der Waals surface area contributed by atoms with E-state index in [-0.39, 0.29) is 7.43 Å². The molecule has 1 N–H and O–H groups in total. The Balaban J connectivity index is 0.000000640. The summed E-state index contributed by atoms with van der Waals surface area (Å²) in [6.07, 6.45) is 1.67. The van der Waals surface area contributed by atoms with Gasteiger partial charge in [0.25, 0.3) is 0 Å². The minimum absolute atomic E-state index is 0. The van der Waals surface area contributed by atoms with Gasteiger partial charge in [0.05, 0.1) is 12.8 Å². The molecule has 2 nitrogen and oxygen atoms in total. The Hall–Kier alpha value is -0.760. The Morgan fingerprint density at radius 1 is 1.67 bits per heavy atom. The Morgan fingerprint density at radius 2 is 2.44 bits per heavy atom. The molecular weight excluding hydrogens is 114 g/mol. The third-order valence-electron chi connectivity index (χ3n) is 0.931. The topological polar surface area (TPSA) is 25.2 Å². The molecule has 1 rings (SSSR count). The molecule has 0 spiro atoms. The minimum Gasteiger partial charge on any atom is -0.468 e. The van der Waals surface area contributed by atoms with Crippen LogP contribution in [0.4, 0.5) is 0 Å². The molecule has 0 aliphatic rings. The van der Waals surface area contributed by atoms with Gasteiger partial charge in [0.2, 0.25) is 0 Å². The monoisotopic (exact) mass is 127 g/mol. The van der Waals surface area contributed by atoms with Crippen LogP contribution in [0.2, 0.25) is 0 Å². The molecule has 0 saturated heterocycles. The van der Waals surface area contributed by atoms with Crippen LogP contribution in [0, 0.1) is 0 Å². The predicted octanol–water partition coefficient (Wildman–Crippen LogP) is 1.64. The zero-order valence-corrected chi connectivity index (χ0v) is 4.85. The number of hydrogen-bond donors (Lipinski definition) is 1. The van der Waals surface area contributed by atoms with Crippen molar-refractivity contribution < 1.29 is 4.42 Å². The van der Waals surface area contributed by atoms with Crippen molar-refractivity contribution in [1.82, 2.24) is 5.32 Å². The van der Waals surface area contributed by atoms with Gasteiger partial charge in [0.15, 0.2) is 0 Å². The van der Waals surface area contributed by atoms with E-state index in [0.717, 1.165) is 12.3 Å². The van der Waals surface area contributed by atoms with Gasteiger partial charge in [-0.1, -0.05) is 7.43 Å². The third kappa shape index (κ3) is 2.33. The summed E-state index contributed by atoms with van der Waals surface area (Å²) in [5, 5.41) is 2.98. The lowest BCUT2D eigenvalue weighted by Gasteiger charge is -1.89. The Morgan fingerprint density at radius 3 is 2.89 bits per heavy atom. The summed E-state index contributed by atoms with van der Waals surface area (Å²) in [5.74, 6) is 0.979. The summed E-state index contributed by atoms with van der Waals surface area (Å²) in [7, 11) is 1.89. The largest absolute Gasteiger partial charge is 0.468 e. The van der Waals surface area contributed by atoms with Crippen molar-refractivity contribution in [2.75, 3.05) is 7.05 Å². The van der Waals surface area contributed by atoms with E-state index >= 15 is 0 Å². The summed E-state index contributed by atoms with van der Waals surface area (Å²) < 4.78 is 5.01. The van der Waals surface area contributed by atoms with Crippen molar-refractivity contribution >= 4 is 0 Å². The van der Waals surface area contributed by atoms with Gasteiger partial charge in [-0.2, -0.15) is 0 Å². The van der Waals surface area contributed by atoms with Crippen molar-refractivity contribution in [3.05, 3.63) is 24.2 Å². The molecule has 0 aromatic carbocycles. The van der Waals surface area contributed by atoms with Crippen LogP contribution in [0.15, 0.2) is 22.8 Å². The van der Waals surface area contributed by atoms with Crippen molar-refractivity contribution in [3.8, 4) is 0 Å². The minimum atomic E-state index is 0. The molecule has 1 aromatic rings. The number of hydrogen-bond acceptors (Lipinski definition) is 2. The van der Waals surface area contributed by atoms with Crippen LogP contribution in [0.25, 0.3) is 0 Å². The Bertz CT molecular complexity index is 135. The highest BCUT2D eigenvalue weighted by molar-refractivity contribution is 4.96. The molecular formula is C7H13NO. The van der Waals surface area contributed by atoms with Crippen molar-refractivity contribution in [2.45, 2.75) is 14.0 Å². The lowest BCUT2D eigenvalue weighted by atomic mass is 10.4. The second-order valence-corrected chi connectivity index (χ2v) is 1.61. The quantitative estimate of drug-likeness (QED) is 0.653. The van der Waals surface area contributed by atoms with Crippen LogP contribution in [-0.4, -0.2) is 7.05 Å². The van der Waals surface area contributed by atoms with E-state index in [4.69, 9.17) is 4.42 Å². The van der Waals surface area contributed by atoms with Crippen molar-refractivity contribution in [3.63, 3.8) is 0 Å². The fourth-order valence-corrected chi connectivity index (χ4v) is 0.587. The van der Waals surface area contributed by atoms with E-state index in [1.165, 1.54) is 0 Å². The molecule has 0 unspecified atom stereocenters. The molecule has 0 radical (unpaired) electrons. The van der Waals surface area contributed by atoms with Crippen LogP contribution in [-0.2, 0) is 6.54 Å². The van der Waals surface area contributed by atoms with E-state index in [1.807, 2.05) is 19.2 Å². The van der Waals surface area contributed by atoms with E-state index < -0.39 is 0 Å². The summed E-state index contributed by atoms with van der Waals surface area (Å²) in [5.41, 5.74) is 0. The van der Waals surface area contributed by atoms with Crippen molar-refractivity contribution in [1.29, 1.82) is 0 Å². The molecule has 0 atom stereocenters. The first-order valence-electron chi connectivity index (χ1n) is 2.60. The van der Waals surface area contributed by atoms with Crippen LogP contribution >= 0.6 is 0 Å². The first-order valence-corrected chi connectivity index (χ1v) is 2.60. The zero-order valence-electron chi connectivity index (χ0n) is 4.85. The molecule has 0 amide bonds. The molecule has 0 bridgehead atoms. The van der Waals surface area contributed by atoms with Gasteiger partial charge in [-0.15, -0.1) is 0 Å². The molecule has 0 aliphatic heterocycles. The molecule has 0 saturated carbocycles. The highest BCUT2D eigenvalue weighted by Gasteiger charge is 1.87. The van der Waals surface area contributed by atoms with Crippen LogP contribution < -0.4 is 5.32 Å². The number of furan rings is 1. The smallest absolute Gasteiger partial charge is 0.117 e. The van der Waals surface area contributed by atoms with Crippen molar-refractivity contribution in [2.24, 2.45) is 0 Å². The fraction of sp³-hybridized carbons (Fsp3) is 0.429. The third-order valence-corrected chi connectivity index (χ3v) is 0.931. The predicted molar refractivity (Wildman–Crippen MR) is 38.2 cm³/mol. The average Bonchev–Trinajstić information content (AvgIpc) is 2.19. The maximum absolute atomic E-state index is 5.01. The summed E-state index contributed by atoms with van der Waals surface area (Å²) in [6.45, 7) is 0.812. The molecule has 0 aliphatic carbocycles. The Kier molecular flexibility index (Phi) is 3.80. The van der Waals surface area contributed by atoms with Crippen LogP contribution in [0.5, 0.6) is 0 Å². The zero-order chi connectivity index (χ0) is 5.82. The van der Waals surface area contributed by atoms with E-state index in [9.17, 15) is 0 Å². The second kappa shape index (κ2) is 4.15. The SMILES string of the molecule is C.CNCc1ccco1. The Labute approximate surface area is 55.9 Å².